The zero-order valence-electron chi connectivity index (χ0n) is 18.4. The van der Waals surface area contributed by atoms with Gasteiger partial charge in [0.15, 0.2) is 0 Å². The average molecular weight is 448 g/mol. The molecule has 2 N–H and O–H groups in total. The van der Waals surface area contributed by atoms with Gasteiger partial charge in [0.2, 0.25) is 5.78 Å². The molecule has 7 heteroatoms. The monoisotopic (exact) mass is 448 g/mol. The van der Waals surface area contributed by atoms with Crippen LogP contribution in [0.4, 0.5) is 4.39 Å². The van der Waals surface area contributed by atoms with Gasteiger partial charge < -0.3 is 15.0 Å². The summed E-state index contributed by atoms with van der Waals surface area (Å²) in [5.74, 6) is -2.38. The number of carboxylic acids is 1. The number of carboxylic acid groups (broad SMARTS) is 1. The first kappa shape index (κ1) is 23.7. The molecule has 0 saturated carbocycles. The molecule has 0 radical (unpaired) electrons. The first-order chi connectivity index (χ1) is 15.8. The van der Waals surface area contributed by atoms with Gasteiger partial charge in [0.25, 0.3) is 5.91 Å². The van der Waals surface area contributed by atoms with E-state index in [2.05, 4.69) is 5.32 Å². The summed E-state index contributed by atoms with van der Waals surface area (Å²) in [5.41, 5.74) is 2.00. The summed E-state index contributed by atoms with van der Waals surface area (Å²) >= 11 is 0. The minimum atomic E-state index is -1.08. The number of hydrogen-bond donors (Lipinski definition) is 2. The van der Waals surface area contributed by atoms with Crippen LogP contribution in [0.15, 0.2) is 72.9 Å². The molecule has 1 amide bonds. The van der Waals surface area contributed by atoms with Crippen molar-refractivity contribution in [2.24, 2.45) is 5.92 Å². The maximum absolute atomic E-state index is 13.1. The minimum Gasteiger partial charge on any atom is -0.480 e. The van der Waals surface area contributed by atoms with Crippen LogP contribution in [-0.4, -0.2) is 33.4 Å². The smallest absolute Gasteiger partial charge is 0.326 e. The van der Waals surface area contributed by atoms with Crippen LogP contribution in [0.25, 0.3) is 6.08 Å². The first-order valence-electron chi connectivity index (χ1n) is 10.5. The topological polar surface area (TPSA) is 88.4 Å². The number of nitrogens with zero attached hydrogens (tertiary/aromatic N) is 1. The lowest BCUT2D eigenvalue weighted by Gasteiger charge is -2.18. The molecule has 1 aromatic heterocycles. The van der Waals surface area contributed by atoms with E-state index in [1.807, 2.05) is 18.2 Å². The lowest BCUT2D eigenvalue weighted by molar-refractivity contribution is -0.140. The van der Waals surface area contributed by atoms with Gasteiger partial charge in [0.05, 0.1) is 5.69 Å². The molecule has 3 rings (SSSR count). The SMILES string of the molecule is CC(C)C(NC(=O)c1cccc(/C=C/Cn2cccc2C(=O)c2ccc(F)cc2)c1)C(=O)O. The normalized spacial score (nSPS) is 12.1. The van der Waals surface area contributed by atoms with Crippen molar-refractivity contribution < 1.29 is 23.9 Å². The second-order valence-electron chi connectivity index (χ2n) is 7.94. The first-order valence-corrected chi connectivity index (χ1v) is 10.5. The molecule has 1 unspecified atom stereocenters. The Balaban J connectivity index is 1.69. The van der Waals surface area contributed by atoms with Gasteiger partial charge in [-0.2, -0.15) is 0 Å². The molecule has 0 fully saturated rings. The van der Waals surface area contributed by atoms with Crippen LogP contribution in [0.1, 0.15) is 45.8 Å². The van der Waals surface area contributed by atoms with Crippen molar-refractivity contribution in [3.8, 4) is 0 Å². The average Bonchev–Trinajstić information content (AvgIpc) is 3.25. The van der Waals surface area contributed by atoms with Crippen molar-refractivity contribution in [3.63, 3.8) is 0 Å². The fourth-order valence-electron chi connectivity index (χ4n) is 3.35. The van der Waals surface area contributed by atoms with Gasteiger partial charge in [-0.3, -0.25) is 9.59 Å². The van der Waals surface area contributed by atoms with E-state index in [0.29, 0.717) is 23.4 Å². The standard InChI is InChI=1S/C26H25FN2O4/c1-17(2)23(26(32)33)28-25(31)20-8-3-6-18(16-20)7-4-14-29-15-5-9-22(29)24(30)19-10-12-21(27)13-11-19/h3-13,15-17,23H,14H2,1-2H3,(H,28,31)(H,32,33)/b7-4+. The Hall–Kier alpha value is -4.00. The third-order valence-corrected chi connectivity index (χ3v) is 5.15. The summed E-state index contributed by atoms with van der Waals surface area (Å²) in [4.78, 5) is 36.6. The number of carbonyl (C=O) groups is 3. The summed E-state index contributed by atoms with van der Waals surface area (Å²) in [6.45, 7) is 3.88. The van der Waals surface area contributed by atoms with E-state index >= 15 is 0 Å². The number of nitrogens with one attached hydrogen (secondary N) is 1. The van der Waals surface area contributed by atoms with Crippen LogP contribution >= 0.6 is 0 Å². The van der Waals surface area contributed by atoms with E-state index in [4.69, 9.17) is 0 Å². The molecule has 170 valence electrons. The quantitative estimate of drug-likeness (QED) is 0.475. The van der Waals surface area contributed by atoms with Gasteiger partial charge >= 0.3 is 5.97 Å². The Kier molecular flexibility index (Phi) is 7.56. The Labute approximate surface area is 191 Å². The number of aromatic nitrogens is 1. The molecule has 3 aromatic rings. The number of ketones is 1. The summed E-state index contributed by atoms with van der Waals surface area (Å²) < 4.78 is 14.9. The van der Waals surface area contributed by atoms with Gasteiger partial charge in [0, 0.05) is 23.9 Å². The third-order valence-electron chi connectivity index (χ3n) is 5.15. The Morgan fingerprint density at radius 2 is 1.76 bits per heavy atom. The number of allylic oxidation sites excluding steroid dienone is 1. The fraction of sp³-hybridized carbons (Fsp3) is 0.192. The minimum absolute atomic E-state index is 0.204. The number of rotatable bonds is 9. The van der Waals surface area contributed by atoms with Gasteiger partial charge in [0.1, 0.15) is 11.9 Å². The molecule has 0 aliphatic carbocycles. The molecular formula is C26H25FN2O4. The summed E-state index contributed by atoms with van der Waals surface area (Å²) in [5, 5.41) is 11.8. The van der Waals surface area contributed by atoms with Crippen LogP contribution < -0.4 is 5.32 Å². The third kappa shape index (κ3) is 6.04. The Morgan fingerprint density at radius 1 is 1.03 bits per heavy atom. The van der Waals surface area contributed by atoms with E-state index in [0.717, 1.165) is 5.56 Å². The molecule has 0 bridgehead atoms. The van der Waals surface area contributed by atoms with E-state index in [9.17, 15) is 23.9 Å². The highest BCUT2D eigenvalue weighted by molar-refractivity contribution is 6.08. The van der Waals surface area contributed by atoms with Crippen molar-refractivity contribution in [1.29, 1.82) is 0 Å². The predicted octanol–water partition coefficient (Wildman–Crippen LogP) is 4.41. The molecule has 1 heterocycles. The van der Waals surface area contributed by atoms with Gasteiger partial charge in [-0.25, -0.2) is 9.18 Å². The molecule has 2 aromatic carbocycles. The van der Waals surface area contributed by atoms with Crippen molar-refractivity contribution >= 4 is 23.7 Å². The van der Waals surface area contributed by atoms with Crippen molar-refractivity contribution in [3.05, 3.63) is 101 Å². The van der Waals surface area contributed by atoms with Gasteiger partial charge in [-0.1, -0.05) is 38.1 Å². The highest BCUT2D eigenvalue weighted by atomic mass is 19.1. The van der Waals surface area contributed by atoms with Gasteiger partial charge in [-0.15, -0.1) is 0 Å². The molecule has 0 aliphatic rings. The number of hydrogen-bond acceptors (Lipinski definition) is 3. The molecule has 33 heavy (non-hydrogen) atoms. The van der Waals surface area contributed by atoms with Crippen molar-refractivity contribution in [1.82, 2.24) is 9.88 Å². The number of aliphatic carboxylic acids is 1. The van der Waals surface area contributed by atoms with Crippen LogP contribution in [0.3, 0.4) is 0 Å². The maximum Gasteiger partial charge on any atom is 0.326 e. The summed E-state index contributed by atoms with van der Waals surface area (Å²) in [7, 11) is 0. The van der Waals surface area contributed by atoms with Crippen LogP contribution in [0.2, 0.25) is 0 Å². The number of amides is 1. The summed E-state index contributed by atoms with van der Waals surface area (Å²) in [6, 6.07) is 14.8. The lowest BCUT2D eigenvalue weighted by atomic mass is 10.0. The van der Waals surface area contributed by atoms with E-state index < -0.39 is 23.7 Å². The van der Waals surface area contributed by atoms with Crippen molar-refractivity contribution in [2.45, 2.75) is 26.4 Å². The molecule has 0 spiro atoms. The van der Waals surface area contributed by atoms with Crippen LogP contribution in [0.5, 0.6) is 0 Å². The second kappa shape index (κ2) is 10.5. The van der Waals surface area contributed by atoms with Crippen LogP contribution in [0, 0.1) is 11.7 Å². The highest BCUT2D eigenvalue weighted by Gasteiger charge is 2.23. The van der Waals surface area contributed by atoms with E-state index in [-0.39, 0.29) is 11.7 Å². The highest BCUT2D eigenvalue weighted by Crippen LogP contribution is 2.13. The van der Waals surface area contributed by atoms with E-state index in [1.165, 1.54) is 24.3 Å². The molecule has 6 nitrogen and oxygen atoms in total. The number of halogens is 1. The molecular weight excluding hydrogens is 423 g/mol. The number of carbonyl (C=O) groups excluding carboxylic acids is 2. The largest absolute Gasteiger partial charge is 0.480 e. The van der Waals surface area contributed by atoms with Crippen molar-refractivity contribution in [2.75, 3.05) is 0 Å². The fourth-order valence-corrected chi connectivity index (χ4v) is 3.35. The summed E-state index contributed by atoms with van der Waals surface area (Å²) in [6.07, 6.45) is 5.45. The van der Waals surface area contributed by atoms with E-state index in [1.54, 1.807) is 54.9 Å². The number of benzene rings is 2. The Bertz CT molecular complexity index is 1180. The molecule has 0 aliphatic heterocycles. The maximum atomic E-state index is 13.1. The molecule has 0 saturated heterocycles. The predicted molar refractivity (Wildman–Crippen MR) is 123 cm³/mol. The lowest BCUT2D eigenvalue weighted by Crippen LogP contribution is -2.44. The molecule has 1 atom stereocenters. The zero-order valence-corrected chi connectivity index (χ0v) is 18.4. The zero-order chi connectivity index (χ0) is 24.0. The Morgan fingerprint density at radius 3 is 2.42 bits per heavy atom. The second-order valence-corrected chi connectivity index (χ2v) is 7.94. The van der Waals surface area contributed by atoms with Gasteiger partial charge in [-0.05, 0) is 60.0 Å². The van der Waals surface area contributed by atoms with Crippen LogP contribution in [-0.2, 0) is 11.3 Å².